The number of carbonyl (C=O) groups is 1. The highest BCUT2D eigenvalue weighted by Gasteiger charge is 2.55. The summed E-state index contributed by atoms with van der Waals surface area (Å²) >= 11 is 0. The summed E-state index contributed by atoms with van der Waals surface area (Å²) in [7, 11) is 2.51. The van der Waals surface area contributed by atoms with Crippen molar-refractivity contribution in [1.82, 2.24) is 5.32 Å². The Labute approximate surface area is 202 Å². The lowest BCUT2D eigenvalue weighted by Crippen LogP contribution is -2.67. The maximum absolute atomic E-state index is 13.1. The largest absolute Gasteiger partial charge is 0.464 e. The van der Waals surface area contributed by atoms with E-state index in [1.807, 2.05) is 18.2 Å². The summed E-state index contributed by atoms with van der Waals surface area (Å²) in [5, 5.41) is 4.26. The Balaban J connectivity index is 1.17. The fraction of sp³-hybridized carbons (Fsp3) is 0.500. The van der Waals surface area contributed by atoms with Crippen LogP contribution in [0.3, 0.4) is 0 Å². The predicted molar refractivity (Wildman–Crippen MR) is 136 cm³/mol. The van der Waals surface area contributed by atoms with E-state index in [-0.39, 0.29) is 11.3 Å². The highest BCUT2D eigenvalue weighted by Crippen LogP contribution is 2.51. The van der Waals surface area contributed by atoms with Crippen LogP contribution in [-0.4, -0.2) is 43.1 Å². The summed E-state index contributed by atoms with van der Waals surface area (Å²) < 4.78 is 6.67. The minimum Gasteiger partial charge on any atom is -0.464 e. The molecule has 1 saturated carbocycles. The molecule has 4 heteroatoms. The predicted octanol–water partition coefficient (Wildman–Crippen LogP) is 5.48. The zero-order valence-corrected chi connectivity index (χ0v) is 20.8. The minimum absolute atomic E-state index is 0.0377. The van der Waals surface area contributed by atoms with E-state index in [9.17, 15) is 4.79 Å². The van der Waals surface area contributed by atoms with Crippen LogP contribution in [0.2, 0.25) is 0 Å². The monoisotopic (exact) mass is 457 g/mol. The standard InChI is InChI=1S/C30H36N2O2/c1-20-27-18-23-7-8-25(17-26(23)30(20,2)12-14-32(27,3)19-22-4-5-22)29(33)31-13-10-21-6-9-28-24(16-21)11-15-34-28/h6-9,11,15-17,20,22,27H,4-5,10,12-14,18-19H2,1-3H3/p+1/t20-,27+,30+,32?/m0/s1. The Morgan fingerprint density at radius 2 is 2.03 bits per heavy atom. The Kier molecular flexibility index (Phi) is 5.14. The van der Waals surface area contributed by atoms with Gasteiger partial charge in [0.1, 0.15) is 5.58 Å². The van der Waals surface area contributed by atoms with Crippen LogP contribution in [0.15, 0.2) is 53.1 Å². The molecule has 178 valence electrons. The van der Waals surface area contributed by atoms with Crippen LogP contribution in [0.1, 0.15) is 60.2 Å². The van der Waals surface area contributed by atoms with Gasteiger partial charge in [0.15, 0.2) is 0 Å². The van der Waals surface area contributed by atoms with E-state index in [0.29, 0.717) is 18.5 Å². The molecule has 34 heavy (non-hydrogen) atoms. The third kappa shape index (κ3) is 3.67. The van der Waals surface area contributed by atoms with Gasteiger partial charge in [0, 0.05) is 47.6 Å². The van der Waals surface area contributed by atoms with E-state index in [0.717, 1.165) is 35.3 Å². The maximum Gasteiger partial charge on any atom is 0.251 e. The molecule has 1 saturated heterocycles. The number of hydrogen-bond donors (Lipinski definition) is 1. The van der Waals surface area contributed by atoms with Crippen LogP contribution in [0, 0.1) is 11.8 Å². The number of nitrogens with one attached hydrogen (secondary N) is 1. The van der Waals surface area contributed by atoms with E-state index in [1.54, 1.807) is 6.26 Å². The van der Waals surface area contributed by atoms with E-state index >= 15 is 0 Å². The number of fused-ring (bicyclic) bond motifs is 5. The highest BCUT2D eigenvalue weighted by atomic mass is 16.3. The summed E-state index contributed by atoms with van der Waals surface area (Å²) in [6.07, 6.45) is 7.75. The summed E-state index contributed by atoms with van der Waals surface area (Å²) in [4.78, 5) is 13.1. The molecule has 0 spiro atoms. The molecule has 2 fully saturated rings. The first kappa shape index (κ1) is 21.9. The van der Waals surface area contributed by atoms with E-state index in [4.69, 9.17) is 4.42 Å². The summed E-state index contributed by atoms with van der Waals surface area (Å²) in [5.41, 5.74) is 5.97. The molecule has 2 aromatic carbocycles. The quantitative estimate of drug-likeness (QED) is 0.498. The molecule has 2 heterocycles. The molecule has 1 N–H and O–H groups in total. The lowest BCUT2D eigenvalue weighted by molar-refractivity contribution is -0.946. The summed E-state index contributed by atoms with van der Waals surface area (Å²) in [6.45, 7) is 8.18. The number of likely N-dealkylation sites (tertiary alicyclic amines) is 1. The van der Waals surface area contributed by atoms with Gasteiger partial charge >= 0.3 is 0 Å². The molecule has 1 unspecified atom stereocenters. The number of carbonyl (C=O) groups excluding carboxylic acids is 1. The van der Waals surface area contributed by atoms with Crippen molar-refractivity contribution in [2.75, 3.05) is 26.7 Å². The Hall–Kier alpha value is -2.59. The molecule has 1 amide bonds. The van der Waals surface area contributed by atoms with Crippen LogP contribution in [-0.2, 0) is 18.3 Å². The average Bonchev–Trinajstić information content (AvgIpc) is 3.51. The Bertz CT molecular complexity index is 1240. The number of nitrogens with zero attached hydrogens (tertiary/aromatic N) is 1. The summed E-state index contributed by atoms with van der Waals surface area (Å²) in [6, 6.07) is 15.4. The van der Waals surface area contributed by atoms with Crippen molar-refractivity contribution in [2.45, 2.75) is 57.4 Å². The summed E-state index contributed by atoms with van der Waals surface area (Å²) in [5.74, 6) is 1.63. The molecule has 3 aromatic rings. The average molecular weight is 458 g/mol. The molecule has 1 aromatic heterocycles. The van der Waals surface area contributed by atoms with Crippen molar-refractivity contribution in [3.05, 3.63) is 71.0 Å². The number of likely N-dealkylation sites (N-methyl/N-ethyl adjacent to an activating group) is 1. The maximum atomic E-state index is 13.1. The molecule has 2 bridgehead atoms. The number of furan rings is 1. The normalized spacial score (nSPS) is 30.2. The van der Waals surface area contributed by atoms with Gasteiger partial charge in [-0.2, -0.15) is 0 Å². The smallest absolute Gasteiger partial charge is 0.251 e. The van der Waals surface area contributed by atoms with Gasteiger partial charge in [0.2, 0.25) is 0 Å². The topological polar surface area (TPSA) is 42.2 Å². The van der Waals surface area contributed by atoms with Gasteiger partial charge < -0.3 is 14.2 Å². The first-order valence-electron chi connectivity index (χ1n) is 13.1. The van der Waals surface area contributed by atoms with Crippen LogP contribution >= 0.6 is 0 Å². The van der Waals surface area contributed by atoms with Crippen molar-refractivity contribution < 1.29 is 13.7 Å². The Morgan fingerprint density at radius 3 is 2.85 bits per heavy atom. The molecule has 0 radical (unpaired) electrons. The van der Waals surface area contributed by atoms with Crippen LogP contribution in [0.4, 0.5) is 0 Å². The Morgan fingerprint density at radius 1 is 1.18 bits per heavy atom. The molecular weight excluding hydrogens is 420 g/mol. The third-order valence-corrected chi connectivity index (χ3v) is 9.53. The van der Waals surface area contributed by atoms with E-state index < -0.39 is 0 Å². The van der Waals surface area contributed by atoms with Crippen molar-refractivity contribution in [3.63, 3.8) is 0 Å². The lowest BCUT2D eigenvalue weighted by atomic mass is 9.58. The fourth-order valence-corrected chi connectivity index (χ4v) is 6.99. The number of hydrogen-bond acceptors (Lipinski definition) is 2. The second-order valence-corrected chi connectivity index (χ2v) is 11.7. The van der Waals surface area contributed by atoms with Gasteiger partial charge in [-0.25, -0.2) is 0 Å². The number of benzene rings is 2. The van der Waals surface area contributed by atoms with Gasteiger partial charge in [-0.1, -0.05) is 26.0 Å². The van der Waals surface area contributed by atoms with Crippen LogP contribution < -0.4 is 5.32 Å². The van der Waals surface area contributed by atoms with Crippen LogP contribution in [0.25, 0.3) is 11.0 Å². The SMILES string of the molecule is C[C@H]1[C@H]2Cc3ccc(C(=O)NCCc4ccc5occc5c4)cc3[C@]1(C)CC[N+]2(C)CC1CC1. The molecular formula is C30H37N2O2+. The molecule has 4 atom stereocenters. The highest BCUT2D eigenvalue weighted by molar-refractivity contribution is 5.94. The molecule has 2 aliphatic carbocycles. The number of rotatable bonds is 6. The lowest BCUT2D eigenvalue weighted by Gasteiger charge is -2.58. The first-order chi connectivity index (χ1) is 16.4. The number of quaternary nitrogens is 1. The molecule has 4 nitrogen and oxygen atoms in total. The second kappa shape index (κ2) is 7.98. The van der Waals surface area contributed by atoms with Gasteiger partial charge in [-0.05, 0) is 66.3 Å². The minimum atomic E-state index is 0.0377. The van der Waals surface area contributed by atoms with E-state index in [2.05, 4.69) is 50.5 Å². The van der Waals surface area contributed by atoms with Gasteiger partial charge in [0.25, 0.3) is 5.91 Å². The van der Waals surface area contributed by atoms with Gasteiger partial charge in [-0.3, -0.25) is 4.79 Å². The molecule has 6 rings (SSSR count). The van der Waals surface area contributed by atoms with Crippen LogP contribution in [0.5, 0.6) is 0 Å². The fourth-order valence-electron chi connectivity index (χ4n) is 6.99. The van der Waals surface area contributed by atoms with Crippen molar-refractivity contribution >= 4 is 16.9 Å². The number of amides is 1. The van der Waals surface area contributed by atoms with Crippen molar-refractivity contribution in [3.8, 4) is 0 Å². The van der Waals surface area contributed by atoms with Gasteiger partial charge in [0.05, 0.1) is 32.4 Å². The van der Waals surface area contributed by atoms with Crippen molar-refractivity contribution in [2.24, 2.45) is 11.8 Å². The van der Waals surface area contributed by atoms with Crippen molar-refractivity contribution in [1.29, 1.82) is 0 Å². The third-order valence-electron chi connectivity index (χ3n) is 9.53. The zero-order chi connectivity index (χ0) is 23.5. The molecule has 1 aliphatic heterocycles. The first-order valence-corrected chi connectivity index (χ1v) is 13.1. The van der Waals surface area contributed by atoms with Gasteiger partial charge in [-0.15, -0.1) is 0 Å². The van der Waals surface area contributed by atoms with E-state index in [1.165, 1.54) is 53.5 Å². The zero-order valence-electron chi connectivity index (χ0n) is 20.8. The number of piperidine rings is 1. The second-order valence-electron chi connectivity index (χ2n) is 11.7. The molecule has 3 aliphatic rings.